The summed E-state index contributed by atoms with van der Waals surface area (Å²) in [6.45, 7) is 4.63. The molecule has 0 radical (unpaired) electrons. The molecule has 0 aliphatic carbocycles. The molecule has 0 bridgehead atoms. The van der Waals surface area contributed by atoms with Crippen LogP contribution in [0.15, 0.2) is 0 Å². The van der Waals surface area contributed by atoms with E-state index in [4.69, 9.17) is 4.74 Å². The van der Waals surface area contributed by atoms with Crippen molar-refractivity contribution in [2.75, 3.05) is 20.8 Å². The second kappa shape index (κ2) is 6.00. The van der Waals surface area contributed by atoms with Crippen molar-refractivity contribution >= 4 is 5.97 Å². The topological polar surface area (TPSA) is 35.5 Å². The molecule has 0 saturated carbocycles. The maximum absolute atomic E-state index is 11.0. The number of rotatable bonds is 5. The molecule has 0 aliphatic heterocycles. The Morgan fingerprint density at radius 3 is 2.33 bits per heavy atom. The average molecular weight is 174 g/mol. The lowest BCUT2D eigenvalue weighted by Gasteiger charge is -2.14. The number of ether oxygens (including phenoxy) is 2. The van der Waals surface area contributed by atoms with Crippen LogP contribution in [0.4, 0.5) is 0 Å². The van der Waals surface area contributed by atoms with Crippen molar-refractivity contribution in [3.8, 4) is 0 Å². The molecule has 0 aliphatic rings. The van der Waals surface area contributed by atoms with Crippen LogP contribution < -0.4 is 0 Å². The minimum atomic E-state index is -0.141. The van der Waals surface area contributed by atoms with Gasteiger partial charge in [-0.1, -0.05) is 13.8 Å². The molecule has 0 saturated heterocycles. The molecule has 0 aromatic rings. The van der Waals surface area contributed by atoms with E-state index in [1.807, 2.05) is 6.92 Å². The van der Waals surface area contributed by atoms with Crippen molar-refractivity contribution in [3.63, 3.8) is 0 Å². The summed E-state index contributed by atoms with van der Waals surface area (Å²) in [5.74, 6) is 0.238. The summed E-state index contributed by atoms with van der Waals surface area (Å²) in [4.78, 5) is 11.0. The molecule has 0 heterocycles. The number of carbonyl (C=O) groups excluding carboxylic acids is 1. The highest BCUT2D eigenvalue weighted by molar-refractivity contribution is 5.71. The quantitative estimate of drug-likeness (QED) is 0.592. The second-order valence-electron chi connectivity index (χ2n) is 3.22. The highest BCUT2D eigenvalue weighted by atomic mass is 16.5. The zero-order valence-corrected chi connectivity index (χ0v) is 8.29. The smallest absolute Gasteiger partial charge is 0.308 e. The van der Waals surface area contributed by atoms with E-state index in [2.05, 4.69) is 11.7 Å². The lowest BCUT2D eigenvalue weighted by molar-refractivity contribution is -0.145. The van der Waals surface area contributed by atoms with Crippen molar-refractivity contribution in [2.45, 2.75) is 20.3 Å². The van der Waals surface area contributed by atoms with Crippen LogP contribution in [-0.2, 0) is 14.3 Å². The predicted molar refractivity (Wildman–Crippen MR) is 46.8 cm³/mol. The Morgan fingerprint density at radius 1 is 1.33 bits per heavy atom. The summed E-state index contributed by atoms with van der Waals surface area (Å²) in [7, 11) is 3.08. The third-order valence-corrected chi connectivity index (χ3v) is 1.81. The minimum Gasteiger partial charge on any atom is -0.469 e. The van der Waals surface area contributed by atoms with Crippen LogP contribution in [-0.4, -0.2) is 26.8 Å². The van der Waals surface area contributed by atoms with Gasteiger partial charge in [-0.3, -0.25) is 4.79 Å². The maximum Gasteiger partial charge on any atom is 0.308 e. The van der Waals surface area contributed by atoms with Gasteiger partial charge in [-0.05, 0) is 12.3 Å². The monoisotopic (exact) mass is 174 g/mol. The minimum absolute atomic E-state index is 0.0276. The number of hydrogen-bond donors (Lipinski definition) is 0. The molecule has 0 aromatic heterocycles. The first-order valence-electron chi connectivity index (χ1n) is 4.18. The van der Waals surface area contributed by atoms with E-state index in [-0.39, 0.29) is 11.9 Å². The summed E-state index contributed by atoms with van der Waals surface area (Å²) >= 11 is 0. The van der Waals surface area contributed by atoms with E-state index in [0.29, 0.717) is 12.5 Å². The van der Waals surface area contributed by atoms with Gasteiger partial charge in [0.15, 0.2) is 0 Å². The van der Waals surface area contributed by atoms with Crippen molar-refractivity contribution in [1.82, 2.24) is 0 Å². The fourth-order valence-electron chi connectivity index (χ4n) is 1.25. The largest absolute Gasteiger partial charge is 0.469 e. The zero-order chi connectivity index (χ0) is 9.56. The zero-order valence-electron chi connectivity index (χ0n) is 8.29. The van der Waals surface area contributed by atoms with Crippen LogP contribution in [0.5, 0.6) is 0 Å². The van der Waals surface area contributed by atoms with Crippen LogP contribution in [0, 0.1) is 11.8 Å². The molecule has 72 valence electrons. The molecule has 2 atom stereocenters. The van der Waals surface area contributed by atoms with Crippen LogP contribution in [0.2, 0.25) is 0 Å². The fraction of sp³-hybridized carbons (Fsp3) is 0.889. The van der Waals surface area contributed by atoms with Crippen molar-refractivity contribution in [1.29, 1.82) is 0 Å². The van der Waals surface area contributed by atoms with E-state index in [1.54, 1.807) is 7.11 Å². The van der Waals surface area contributed by atoms with Gasteiger partial charge >= 0.3 is 5.97 Å². The van der Waals surface area contributed by atoms with Gasteiger partial charge < -0.3 is 9.47 Å². The fourth-order valence-corrected chi connectivity index (χ4v) is 1.25. The van der Waals surface area contributed by atoms with E-state index in [1.165, 1.54) is 7.11 Å². The summed E-state index contributed by atoms with van der Waals surface area (Å²) in [5.41, 5.74) is 0. The van der Waals surface area contributed by atoms with Gasteiger partial charge in [0.25, 0.3) is 0 Å². The summed E-state index contributed by atoms with van der Waals surface area (Å²) in [6, 6.07) is 0. The second-order valence-corrected chi connectivity index (χ2v) is 3.22. The lowest BCUT2D eigenvalue weighted by Crippen LogP contribution is -2.17. The molecule has 12 heavy (non-hydrogen) atoms. The van der Waals surface area contributed by atoms with E-state index < -0.39 is 0 Å². The van der Waals surface area contributed by atoms with Gasteiger partial charge in [-0.15, -0.1) is 0 Å². The first-order valence-corrected chi connectivity index (χ1v) is 4.18. The Labute approximate surface area is 74.0 Å². The SMILES string of the molecule is COCC(C)CC(C)C(=O)OC. The van der Waals surface area contributed by atoms with Gasteiger partial charge in [0.2, 0.25) is 0 Å². The van der Waals surface area contributed by atoms with Gasteiger partial charge in [0.05, 0.1) is 13.0 Å². The van der Waals surface area contributed by atoms with E-state index >= 15 is 0 Å². The maximum atomic E-state index is 11.0. The molecule has 0 aromatic carbocycles. The first kappa shape index (κ1) is 11.4. The van der Waals surface area contributed by atoms with E-state index in [9.17, 15) is 4.79 Å². The molecule has 2 unspecified atom stereocenters. The average Bonchev–Trinajstić information content (AvgIpc) is 2.03. The molecule has 0 N–H and O–H groups in total. The summed E-state index contributed by atoms with van der Waals surface area (Å²) < 4.78 is 9.58. The Morgan fingerprint density at radius 2 is 1.92 bits per heavy atom. The third-order valence-electron chi connectivity index (χ3n) is 1.81. The van der Waals surface area contributed by atoms with Crippen LogP contribution in [0.1, 0.15) is 20.3 Å². The highest BCUT2D eigenvalue weighted by Gasteiger charge is 2.16. The molecular weight excluding hydrogens is 156 g/mol. The number of esters is 1. The molecule has 3 heteroatoms. The first-order chi connectivity index (χ1) is 5.61. The third kappa shape index (κ3) is 4.34. The number of methoxy groups -OCH3 is 2. The standard InChI is InChI=1S/C9H18O3/c1-7(6-11-3)5-8(2)9(10)12-4/h7-8H,5-6H2,1-4H3. The van der Waals surface area contributed by atoms with Crippen molar-refractivity contribution in [3.05, 3.63) is 0 Å². The highest BCUT2D eigenvalue weighted by Crippen LogP contribution is 2.12. The van der Waals surface area contributed by atoms with Crippen molar-refractivity contribution < 1.29 is 14.3 Å². The van der Waals surface area contributed by atoms with Crippen LogP contribution >= 0.6 is 0 Å². The normalized spacial score (nSPS) is 15.3. The molecule has 0 rings (SSSR count). The number of carbonyl (C=O) groups is 1. The predicted octanol–water partition coefficient (Wildman–Crippen LogP) is 1.47. The van der Waals surface area contributed by atoms with Gasteiger partial charge in [-0.2, -0.15) is 0 Å². The summed E-state index contributed by atoms with van der Waals surface area (Å²) in [5, 5.41) is 0. The molecule has 0 amide bonds. The molecule has 0 spiro atoms. The number of hydrogen-bond acceptors (Lipinski definition) is 3. The van der Waals surface area contributed by atoms with Crippen LogP contribution in [0.25, 0.3) is 0 Å². The Bertz CT molecular complexity index is 134. The van der Waals surface area contributed by atoms with E-state index in [0.717, 1.165) is 6.42 Å². The molecular formula is C9H18O3. The Balaban J connectivity index is 3.67. The van der Waals surface area contributed by atoms with Gasteiger partial charge in [0, 0.05) is 13.7 Å². The van der Waals surface area contributed by atoms with Crippen molar-refractivity contribution in [2.24, 2.45) is 11.8 Å². The summed E-state index contributed by atoms with van der Waals surface area (Å²) in [6.07, 6.45) is 0.820. The van der Waals surface area contributed by atoms with Gasteiger partial charge in [-0.25, -0.2) is 0 Å². The molecule has 3 nitrogen and oxygen atoms in total. The van der Waals surface area contributed by atoms with Gasteiger partial charge in [0.1, 0.15) is 0 Å². The Hall–Kier alpha value is -0.570. The molecule has 0 fully saturated rings. The van der Waals surface area contributed by atoms with Crippen LogP contribution in [0.3, 0.4) is 0 Å². The lowest BCUT2D eigenvalue weighted by atomic mass is 9.98. The Kier molecular flexibility index (Phi) is 5.72.